The van der Waals surface area contributed by atoms with E-state index in [9.17, 15) is 8.42 Å². The molecule has 3 nitrogen and oxygen atoms in total. The summed E-state index contributed by atoms with van der Waals surface area (Å²) < 4.78 is 27.3. The van der Waals surface area contributed by atoms with Crippen LogP contribution in [0.3, 0.4) is 0 Å². The number of aryl methyl sites for hydroxylation is 1. The zero-order chi connectivity index (χ0) is 15.7. The second kappa shape index (κ2) is 5.71. The molecule has 1 fully saturated rings. The molecule has 1 aliphatic rings. The lowest BCUT2D eigenvalue weighted by Gasteiger charge is -2.07. The van der Waals surface area contributed by atoms with Crippen molar-refractivity contribution in [1.29, 1.82) is 0 Å². The molecular formula is C18H19NO2S. The summed E-state index contributed by atoms with van der Waals surface area (Å²) in [6.07, 6.45) is 2.44. The topological polar surface area (TPSA) is 37.1 Å². The normalized spacial score (nSPS) is 24.0. The molecule has 1 unspecified atom stereocenters. The minimum Gasteiger partial charge on any atom is -0.207 e. The van der Waals surface area contributed by atoms with E-state index in [1.54, 1.807) is 22.5 Å². The summed E-state index contributed by atoms with van der Waals surface area (Å²) in [4.78, 5) is 0.352. The third-order valence-corrected chi connectivity index (χ3v) is 5.94. The number of benzene rings is 2. The lowest BCUT2D eigenvalue weighted by atomic mass is 10.1. The Hall–Kier alpha value is -1.91. The Labute approximate surface area is 132 Å². The van der Waals surface area contributed by atoms with Gasteiger partial charge in [0.05, 0.1) is 17.0 Å². The Balaban J connectivity index is 1.95. The Morgan fingerprint density at radius 1 is 1.09 bits per heavy atom. The molecule has 1 saturated heterocycles. The molecule has 2 aromatic rings. The van der Waals surface area contributed by atoms with Crippen LogP contribution in [0.5, 0.6) is 0 Å². The average Bonchev–Trinajstić information content (AvgIpc) is 3.24. The van der Waals surface area contributed by atoms with Crippen LogP contribution in [0.15, 0.2) is 72.1 Å². The SMILES string of the molecule is C=CC[C@H]1[C@H](c2ccccc2)N1S(=O)(=O)c1ccc(C)cc1. The molecule has 22 heavy (non-hydrogen) atoms. The molecule has 114 valence electrons. The first-order valence-electron chi connectivity index (χ1n) is 7.32. The summed E-state index contributed by atoms with van der Waals surface area (Å²) in [6.45, 7) is 5.69. The molecule has 0 saturated carbocycles. The highest BCUT2D eigenvalue weighted by atomic mass is 32.2. The summed E-state index contributed by atoms with van der Waals surface area (Å²) in [5, 5.41) is 0. The van der Waals surface area contributed by atoms with Gasteiger partial charge in [-0.15, -0.1) is 6.58 Å². The number of hydrogen-bond donors (Lipinski definition) is 0. The molecule has 1 heterocycles. The Morgan fingerprint density at radius 2 is 1.73 bits per heavy atom. The number of sulfonamides is 1. The molecule has 0 amide bonds. The highest BCUT2D eigenvalue weighted by Crippen LogP contribution is 2.49. The molecule has 0 bridgehead atoms. The molecule has 0 radical (unpaired) electrons. The van der Waals surface area contributed by atoms with Crippen LogP contribution in [0.4, 0.5) is 0 Å². The number of rotatable bonds is 5. The van der Waals surface area contributed by atoms with Crippen molar-refractivity contribution in [1.82, 2.24) is 4.31 Å². The maximum Gasteiger partial charge on any atom is 0.244 e. The second-order valence-electron chi connectivity index (χ2n) is 5.60. The van der Waals surface area contributed by atoms with Crippen molar-refractivity contribution in [3.05, 3.63) is 78.4 Å². The molecule has 0 spiro atoms. The van der Waals surface area contributed by atoms with Gasteiger partial charge in [0.1, 0.15) is 0 Å². The van der Waals surface area contributed by atoms with Gasteiger partial charge in [-0.1, -0.05) is 54.1 Å². The molecule has 0 N–H and O–H groups in total. The van der Waals surface area contributed by atoms with Gasteiger partial charge in [0.2, 0.25) is 10.0 Å². The quantitative estimate of drug-likeness (QED) is 0.623. The van der Waals surface area contributed by atoms with Crippen LogP contribution in [0.25, 0.3) is 0 Å². The van der Waals surface area contributed by atoms with Gasteiger partial charge in [0.25, 0.3) is 0 Å². The first-order valence-corrected chi connectivity index (χ1v) is 8.76. The summed E-state index contributed by atoms with van der Waals surface area (Å²) in [5.41, 5.74) is 2.08. The van der Waals surface area contributed by atoms with Crippen LogP contribution >= 0.6 is 0 Å². The van der Waals surface area contributed by atoms with Crippen LogP contribution in [-0.4, -0.2) is 18.8 Å². The smallest absolute Gasteiger partial charge is 0.207 e. The van der Waals surface area contributed by atoms with Gasteiger partial charge in [0, 0.05) is 0 Å². The van der Waals surface area contributed by atoms with Gasteiger partial charge < -0.3 is 0 Å². The van der Waals surface area contributed by atoms with Gasteiger partial charge in [-0.3, -0.25) is 0 Å². The zero-order valence-electron chi connectivity index (χ0n) is 12.5. The van der Waals surface area contributed by atoms with Crippen molar-refractivity contribution in [2.45, 2.75) is 30.3 Å². The predicted octanol–water partition coefficient (Wildman–Crippen LogP) is 3.69. The minimum atomic E-state index is -3.47. The monoisotopic (exact) mass is 313 g/mol. The number of hydrogen-bond acceptors (Lipinski definition) is 2. The summed E-state index contributed by atoms with van der Waals surface area (Å²) in [5.74, 6) is 0. The van der Waals surface area contributed by atoms with Gasteiger partial charge in [-0.05, 0) is 31.0 Å². The third kappa shape index (κ3) is 2.60. The lowest BCUT2D eigenvalue weighted by Crippen LogP contribution is -2.15. The molecule has 4 heteroatoms. The standard InChI is InChI=1S/C18H19NO2S/c1-3-7-17-18(15-8-5-4-6-9-15)19(17)22(20,21)16-12-10-14(2)11-13-16/h3-6,8-13,17-18H,1,7H2,2H3/t17-,18-,19?/m0/s1. The Bertz CT molecular complexity index is 766. The Kier molecular flexibility index (Phi) is 3.89. The fraction of sp³-hybridized carbons (Fsp3) is 0.222. The van der Waals surface area contributed by atoms with E-state index in [0.29, 0.717) is 11.3 Å². The van der Waals surface area contributed by atoms with Crippen molar-refractivity contribution < 1.29 is 8.42 Å². The van der Waals surface area contributed by atoms with Crippen molar-refractivity contribution in [3.63, 3.8) is 0 Å². The first-order chi connectivity index (χ1) is 10.6. The third-order valence-electron chi connectivity index (χ3n) is 4.02. The van der Waals surface area contributed by atoms with Crippen LogP contribution in [-0.2, 0) is 10.0 Å². The summed E-state index contributed by atoms with van der Waals surface area (Å²) in [6, 6.07) is 16.7. The van der Waals surface area contributed by atoms with E-state index in [4.69, 9.17) is 0 Å². The number of nitrogens with zero attached hydrogens (tertiary/aromatic N) is 1. The molecule has 3 rings (SSSR count). The fourth-order valence-corrected chi connectivity index (χ4v) is 4.63. The lowest BCUT2D eigenvalue weighted by molar-refractivity contribution is 0.546. The molecule has 1 aliphatic heterocycles. The van der Waals surface area contributed by atoms with E-state index >= 15 is 0 Å². The summed E-state index contributed by atoms with van der Waals surface area (Å²) >= 11 is 0. The Morgan fingerprint density at radius 3 is 2.32 bits per heavy atom. The van der Waals surface area contributed by atoms with Gasteiger partial charge in [0.15, 0.2) is 0 Å². The highest BCUT2D eigenvalue weighted by molar-refractivity contribution is 7.89. The maximum absolute atomic E-state index is 12.9. The minimum absolute atomic E-state index is 0.0359. The average molecular weight is 313 g/mol. The largest absolute Gasteiger partial charge is 0.244 e. The van der Waals surface area contributed by atoms with Crippen LogP contribution < -0.4 is 0 Å². The summed E-state index contributed by atoms with van der Waals surface area (Å²) in [7, 11) is -3.47. The zero-order valence-corrected chi connectivity index (χ0v) is 13.3. The van der Waals surface area contributed by atoms with Crippen molar-refractivity contribution in [2.24, 2.45) is 0 Å². The van der Waals surface area contributed by atoms with E-state index in [1.807, 2.05) is 49.4 Å². The van der Waals surface area contributed by atoms with Crippen LogP contribution in [0, 0.1) is 6.92 Å². The second-order valence-corrected chi connectivity index (χ2v) is 7.44. The van der Waals surface area contributed by atoms with Crippen molar-refractivity contribution in [3.8, 4) is 0 Å². The maximum atomic E-state index is 12.9. The molecular weight excluding hydrogens is 294 g/mol. The fourth-order valence-electron chi connectivity index (χ4n) is 2.84. The van der Waals surface area contributed by atoms with Crippen LogP contribution in [0.1, 0.15) is 23.6 Å². The van der Waals surface area contributed by atoms with Crippen LogP contribution in [0.2, 0.25) is 0 Å². The highest BCUT2D eigenvalue weighted by Gasteiger charge is 2.55. The van der Waals surface area contributed by atoms with Gasteiger partial charge in [-0.2, -0.15) is 4.31 Å². The van der Waals surface area contributed by atoms with Crippen molar-refractivity contribution >= 4 is 10.0 Å². The van der Waals surface area contributed by atoms with E-state index in [0.717, 1.165) is 11.1 Å². The molecule has 3 atom stereocenters. The van der Waals surface area contributed by atoms with Crippen molar-refractivity contribution in [2.75, 3.05) is 0 Å². The van der Waals surface area contributed by atoms with E-state index in [2.05, 4.69) is 6.58 Å². The molecule has 0 aliphatic carbocycles. The van der Waals surface area contributed by atoms with E-state index in [1.165, 1.54) is 0 Å². The first kappa shape index (κ1) is 15.0. The van der Waals surface area contributed by atoms with Gasteiger partial charge in [-0.25, -0.2) is 8.42 Å². The molecule has 0 aromatic heterocycles. The van der Waals surface area contributed by atoms with Gasteiger partial charge >= 0.3 is 0 Å². The van der Waals surface area contributed by atoms with E-state index in [-0.39, 0.29) is 12.1 Å². The predicted molar refractivity (Wildman–Crippen MR) is 88.0 cm³/mol. The molecule has 2 aromatic carbocycles. The van der Waals surface area contributed by atoms with E-state index < -0.39 is 10.0 Å².